The summed E-state index contributed by atoms with van der Waals surface area (Å²) >= 11 is 0. The Bertz CT molecular complexity index is 1490. The highest BCUT2D eigenvalue weighted by molar-refractivity contribution is 5.82. The summed E-state index contributed by atoms with van der Waals surface area (Å²) in [5, 5.41) is 9.29. The average Bonchev–Trinajstić information content (AvgIpc) is 3.75. The van der Waals surface area contributed by atoms with Crippen molar-refractivity contribution in [3.05, 3.63) is 77.7 Å². The zero-order valence-electron chi connectivity index (χ0n) is 23.2. The summed E-state index contributed by atoms with van der Waals surface area (Å²) in [7, 11) is 3.62. The Balaban J connectivity index is 1.28. The van der Waals surface area contributed by atoms with E-state index in [0.29, 0.717) is 19.4 Å². The van der Waals surface area contributed by atoms with Crippen molar-refractivity contribution < 1.29 is 19.0 Å². The highest BCUT2D eigenvalue weighted by atomic mass is 16.7. The summed E-state index contributed by atoms with van der Waals surface area (Å²) in [6, 6.07) is 16.1. The van der Waals surface area contributed by atoms with Crippen LogP contribution < -0.4 is 9.47 Å². The lowest BCUT2D eigenvalue weighted by Crippen LogP contribution is -2.25. The molecule has 9 nitrogen and oxygen atoms in total. The Morgan fingerprint density at radius 2 is 1.95 bits per heavy atom. The summed E-state index contributed by atoms with van der Waals surface area (Å²) in [4.78, 5) is 16.2. The first-order chi connectivity index (χ1) is 19.5. The number of rotatable bonds is 10. The van der Waals surface area contributed by atoms with Crippen LogP contribution in [-0.2, 0) is 23.0 Å². The van der Waals surface area contributed by atoms with Crippen molar-refractivity contribution in [2.24, 2.45) is 13.0 Å². The number of likely N-dealkylation sites (tertiary alicyclic amines) is 1. The maximum atomic E-state index is 13.8. The molecular formula is C31H35N5O4. The lowest BCUT2D eigenvalue weighted by molar-refractivity contribution is -0.119. The first kappa shape index (κ1) is 26.3. The fourth-order valence-electron chi connectivity index (χ4n) is 6.06. The van der Waals surface area contributed by atoms with E-state index in [1.165, 1.54) is 0 Å². The Labute approximate surface area is 234 Å². The number of nitrogens with zero attached hydrogens (tertiary/aromatic N) is 5. The van der Waals surface area contributed by atoms with Crippen LogP contribution in [0.2, 0.25) is 0 Å². The van der Waals surface area contributed by atoms with Crippen LogP contribution in [0.1, 0.15) is 29.2 Å². The third kappa shape index (κ3) is 5.14. The number of Topliss-reactive ketones (excluding diaryl/α,β-unsaturated/α-hetero) is 1. The minimum atomic E-state index is 0.159. The molecule has 2 aliphatic heterocycles. The van der Waals surface area contributed by atoms with Crippen LogP contribution in [0.4, 0.5) is 0 Å². The predicted molar refractivity (Wildman–Crippen MR) is 151 cm³/mol. The second kappa shape index (κ2) is 11.3. The van der Waals surface area contributed by atoms with E-state index in [-0.39, 0.29) is 24.4 Å². The van der Waals surface area contributed by atoms with E-state index in [2.05, 4.69) is 16.1 Å². The monoisotopic (exact) mass is 541 g/mol. The quantitative estimate of drug-likeness (QED) is 0.298. The Morgan fingerprint density at radius 1 is 1.10 bits per heavy atom. The molecule has 6 rings (SSSR count). The highest BCUT2D eigenvalue weighted by Gasteiger charge is 2.38. The van der Waals surface area contributed by atoms with Gasteiger partial charge in [-0.15, -0.1) is 0 Å². The van der Waals surface area contributed by atoms with Gasteiger partial charge in [0, 0.05) is 69.9 Å². The van der Waals surface area contributed by atoms with Crippen LogP contribution >= 0.6 is 0 Å². The number of ether oxygens (including phenoxy) is 3. The van der Waals surface area contributed by atoms with Crippen LogP contribution in [-0.4, -0.2) is 70.4 Å². The van der Waals surface area contributed by atoms with E-state index in [0.717, 1.165) is 64.9 Å². The fourth-order valence-corrected chi connectivity index (χ4v) is 6.06. The zero-order valence-corrected chi connectivity index (χ0v) is 23.2. The number of carbonyl (C=O) groups excluding carboxylic acids is 1. The number of hydrogen-bond donors (Lipinski definition) is 0. The maximum absolute atomic E-state index is 13.8. The van der Waals surface area contributed by atoms with Gasteiger partial charge in [-0.1, -0.05) is 30.3 Å². The third-order valence-electron chi connectivity index (χ3n) is 8.03. The van der Waals surface area contributed by atoms with Gasteiger partial charge in [0.15, 0.2) is 11.5 Å². The van der Waals surface area contributed by atoms with Crippen molar-refractivity contribution in [2.75, 3.05) is 40.1 Å². The molecule has 0 unspecified atom stereocenters. The van der Waals surface area contributed by atoms with Gasteiger partial charge in [-0.3, -0.25) is 9.48 Å². The standard InChI is InChI=1S/C31H35N5O4/c1-21-28(36(24-8-5-4-6-9-24)33-30(21)23-16-32-34(2)17-23)15-25(37)14-22-18-35(12-13-38-3)19-27(22)26-10-7-11-29-31(26)40-20-39-29/h4-11,16-17,22,27H,12-15,18-20H2,1-3H3/t22-,27-/m1/s1. The molecule has 2 aromatic carbocycles. The van der Waals surface area contributed by atoms with Crippen LogP contribution in [0.15, 0.2) is 60.9 Å². The largest absolute Gasteiger partial charge is 0.454 e. The molecule has 1 saturated heterocycles. The number of carbonyl (C=O) groups is 1. The molecule has 0 amide bonds. The fraction of sp³-hybridized carbons (Fsp3) is 0.387. The number of aryl methyl sites for hydroxylation is 1. The van der Waals surface area contributed by atoms with Gasteiger partial charge in [0.05, 0.1) is 29.9 Å². The van der Waals surface area contributed by atoms with E-state index < -0.39 is 0 Å². The van der Waals surface area contributed by atoms with Crippen molar-refractivity contribution in [1.29, 1.82) is 0 Å². The summed E-state index contributed by atoms with van der Waals surface area (Å²) in [5.74, 6) is 2.13. The zero-order chi connectivity index (χ0) is 27.6. The molecular weight excluding hydrogens is 506 g/mol. The minimum absolute atomic E-state index is 0.159. The van der Waals surface area contributed by atoms with Crippen LogP contribution in [0.25, 0.3) is 16.9 Å². The molecule has 4 aromatic rings. The predicted octanol–water partition coefficient (Wildman–Crippen LogP) is 4.17. The molecule has 0 aliphatic carbocycles. The highest BCUT2D eigenvalue weighted by Crippen LogP contribution is 2.45. The lowest BCUT2D eigenvalue weighted by atomic mass is 9.84. The summed E-state index contributed by atoms with van der Waals surface area (Å²) in [6.45, 7) is 5.46. The van der Waals surface area contributed by atoms with Crippen molar-refractivity contribution >= 4 is 5.78 Å². The summed E-state index contributed by atoms with van der Waals surface area (Å²) in [5.41, 5.74) is 5.76. The van der Waals surface area contributed by atoms with Crippen molar-refractivity contribution in [3.8, 4) is 28.4 Å². The van der Waals surface area contributed by atoms with Crippen molar-refractivity contribution in [2.45, 2.75) is 25.7 Å². The van der Waals surface area contributed by atoms with Gasteiger partial charge in [0.2, 0.25) is 6.79 Å². The van der Waals surface area contributed by atoms with Gasteiger partial charge in [0.1, 0.15) is 5.78 Å². The molecule has 0 radical (unpaired) electrons. The molecule has 0 spiro atoms. The molecule has 0 bridgehead atoms. The van der Waals surface area contributed by atoms with Crippen LogP contribution in [0, 0.1) is 12.8 Å². The Kier molecular flexibility index (Phi) is 7.40. The molecule has 1 fully saturated rings. The molecule has 2 aliphatic rings. The first-order valence-electron chi connectivity index (χ1n) is 13.8. The third-order valence-corrected chi connectivity index (χ3v) is 8.03. The van der Waals surface area contributed by atoms with E-state index in [9.17, 15) is 4.79 Å². The Morgan fingerprint density at radius 3 is 2.73 bits per heavy atom. The molecule has 4 heterocycles. The summed E-state index contributed by atoms with van der Waals surface area (Å²) < 4.78 is 20.6. The topological polar surface area (TPSA) is 83.6 Å². The Hall–Kier alpha value is -3.95. The maximum Gasteiger partial charge on any atom is 0.231 e. The summed E-state index contributed by atoms with van der Waals surface area (Å²) in [6.07, 6.45) is 4.55. The van der Waals surface area contributed by atoms with Crippen LogP contribution in [0.3, 0.4) is 0 Å². The second-order valence-corrected chi connectivity index (χ2v) is 10.7. The number of benzene rings is 2. The SMILES string of the molecule is COCCN1C[C@@H](CC(=O)Cc2c(C)c(-c3cnn(C)c3)nn2-c2ccccc2)[C@H](c2cccc3c2OCO3)C1. The van der Waals surface area contributed by atoms with Gasteiger partial charge in [-0.2, -0.15) is 10.2 Å². The lowest BCUT2D eigenvalue weighted by Gasteiger charge is -2.20. The number of hydrogen-bond acceptors (Lipinski definition) is 7. The molecule has 208 valence electrons. The minimum Gasteiger partial charge on any atom is -0.454 e. The van der Waals surface area contributed by atoms with Crippen molar-refractivity contribution in [3.63, 3.8) is 0 Å². The van der Waals surface area contributed by atoms with E-state index >= 15 is 0 Å². The van der Waals surface area contributed by atoms with Gasteiger partial charge in [-0.05, 0) is 36.6 Å². The van der Waals surface area contributed by atoms with Crippen molar-refractivity contribution in [1.82, 2.24) is 24.5 Å². The van der Waals surface area contributed by atoms with Gasteiger partial charge < -0.3 is 19.1 Å². The van der Waals surface area contributed by atoms with E-state index in [4.69, 9.17) is 19.3 Å². The molecule has 9 heteroatoms. The van der Waals surface area contributed by atoms with Gasteiger partial charge in [-0.25, -0.2) is 4.68 Å². The number of methoxy groups -OCH3 is 1. The second-order valence-electron chi connectivity index (χ2n) is 10.7. The molecule has 0 saturated carbocycles. The normalized spacial score (nSPS) is 18.5. The number of aromatic nitrogens is 4. The first-order valence-corrected chi connectivity index (χ1v) is 13.8. The van der Waals surface area contributed by atoms with Gasteiger partial charge in [0.25, 0.3) is 0 Å². The molecule has 2 aromatic heterocycles. The smallest absolute Gasteiger partial charge is 0.231 e. The molecule has 40 heavy (non-hydrogen) atoms. The number of fused-ring (bicyclic) bond motifs is 1. The molecule has 2 atom stereocenters. The van der Waals surface area contributed by atoms with E-state index in [1.54, 1.807) is 11.8 Å². The van der Waals surface area contributed by atoms with Gasteiger partial charge >= 0.3 is 0 Å². The average molecular weight is 542 g/mol. The number of para-hydroxylation sites is 2. The molecule has 0 N–H and O–H groups in total. The van der Waals surface area contributed by atoms with Crippen LogP contribution in [0.5, 0.6) is 11.5 Å². The van der Waals surface area contributed by atoms with E-state index in [1.807, 2.05) is 73.5 Å². The number of ketones is 1.